The second kappa shape index (κ2) is 21.0. The molecule has 0 heterocycles. The van der Waals surface area contributed by atoms with Crippen LogP contribution >= 0.6 is 11.6 Å². The van der Waals surface area contributed by atoms with E-state index in [1.54, 1.807) is 0 Å². The fourth-order valence-electron chi connectivity index (χ4n) is 4.20. The number of hydrogen-bond acceptors (Lipinski definition) is 0. The lowest BCUT2D eigenvalue weighted by molar-refractivity contribution is -0.918. The van der Waals surface area contributed by atoms with Crippen LogP contribution in [0.4, 0.5) is 0 Å². The van der Waals surface area contributed by atoms with Crippen LogP contribution in [0.1, 0.15) is 136 Å². The molecular formula is C25H53ClN+. The first-order valence-electron chi connectivity index (χ1n) is 12.7. The molecule has 0 N–H and O–H groups in total. The van der Waals surface area contributed by atoms with Crippen LogP contribution in [0, 0.1) is 0 Å². The van der Waals surface area contributed by atoms with Gasteiger partial charge >= 0.3 is 0 Å². The Kier molecular flexibility index (Phi) is 21.2. The van der Waals surface area contributed by atoms with Crippen LogP contribution in [0.15, 0.2) is 0 Å². The number of unbranched alkanes of at least 4 members (excludes halogenated alkanes) is 15. The Labute approximate surface area is 178 Å². The predicted molar refractivity (Wildman–Crippen MR) is 126 cm³/mol. The van der Waals surface area contributed by atoms with Gasteiger partial charge in [0.05, 0.1) is 19.6 Å². The Morgan fingerprint density at radius 1 is 0.407 bits per heavy atom. The van der Waals surface area contributed by atoms with Crippen molar-refractivity contribution >= 4 is 11.6 Å². The Bertz CT molecular complexity index is 239. The van der Waals surface area contributed by atoms with Gasteiger partial charge in [0.1, 0.15) is 0 Å². The predicted octanol–water partition coefficient (Wildman–Crippen LogP) is 9.08. The molecule has 0 saturated carbocycles. The zero-order chi connectivity index (χ0) is 20.1. The van der Waals surface area contributed by atoms with E-state index in [0.717, 1.165) is 6.00 Å². The quantitative estimate of drug-likeness (QED) is 0.0732. The number of hydrogen-bond donors (Lipinski definition) is 0. The van der Waals surface area contributed by atoms with Gasteiger partial charge in [-0.25, -0.2) is 0 Å². The average Bonchev–Trinajstić information content (AvgIpc) is 2.69. The molecule has 0 aliphatic rings. The summed E-state index contributed by atoms with van der Waals surface area (Å²) in [6, 6.07) is 0.832. The summed E-state index contributed by atoms with van der Waals surface area (Å²) in [6.07, 6.45) is 25.1. The first kappa shape index (κ1) is 27.2. The first-order valence-corrected chi connectivity index (χ1v) is 13.2. The first-order chi connectivity index (χ1) is 13.2. The lowest BCUT2D eigenvalue weighted by Gasteiger charge is -2.37. The van der Waals surface area contributed by atoms with Gasteiger partial charge in [0.25, 0.3) is 0 Å². The van der Waals surface area contributed by atoms with E-state index in [1.807, 2.05) is 0 Å². The van der Waals surface area contributed by atoms with Crippen LogP contribution in [0.5, 0.6) is 0 Å². The average molecular weight is 403 g/mol. The molecule has 0 aromatic heterocycles. The second-order valence-corrected chi connectivity index (χ2v) is 9.17. The van der Waals surface area contributed by atoms with Gasteiger partial charge in [-0.05, 0) is 38.5 Å². The maximum Gasteiger partial charge on any atom is 0.154 e. The Balaban J connectivity index is 4.23. The zero-order valence-corrected chi connectivity index (χ0v) is 20.1. The number of nitrogens with zero attached hydrogens (tertiary/aromatic N) is 1. The standard InChI is InChI=1S/C25H53ClN/c1-4-7-10-13-16-19-22-27(25-26,23-20-17-14-11-8-5-2)24-21-18-15-12-9-6-3/h4-25H2,1-3H3/q+1. The summed E-state index contributed by atoms with van der Waals surface area (Å²) in [6.45, 7) is 10.9. The van der Waals surface area contributed by atoms with Gasteiger partial charge in [-0.2, -0.15) is 0 Å². The molecule has 0 rings (SSSR count). The molecule has 0 unspecified atom stereocenters. The summed E-state index contributed by atoms with van der Waals surface area (Å²) in [5.41, 5.74) is 0. The van der Waals surface area contributed by atoms with Crippen LogP contribution in [0.2, 0.25) is 0 Å². The highest BCUT2D eigenvalue weighted by atomic mass is 35.5. The van der Waals surface area contributed by atoms with Gasteiger partial charge in [-0.15, -0.1) is 0 Å². The van der Waals surface area contributed by atoms with Crippen LogP contribution in [-0.4, -0.2) is 30.1 Å². The van der Waals surface area contributed by atoms with Gasteiger partial charge in [0, 0.05) is 0 Å². The number of halogens is 1. The van der Waals surface area contributed by atoms with Crippen LogP contribution in [0.25, 0.3) is 0 Å². The normalized spacial score (nSPS) is 12.0. The number of quaternary nitrogens is 1. The molecule has 0 atom stereocenters. The minimum Gasteiger partial charge on any atom is -0.311 e. The van der Waals surface area contributed by atoms with E-state index in [9.17, 15) is 0 Å². The van der Waals surface area contributed by atoms with Gasteiger partial charge in [-0.1, -0.05) is 109 Å². The summed E-state index contributed by atoms with van der Waals surface area (Å²) in [4.78, 5) is 0. The molecule has 0 aromatic carbocycles. The van der Waals surface area contributed by atoms with E-state index < -0.39 is 0 Å². The van der Waals surface area contributed by atoms with Gasteiger partial charge < -0.3 is 4.48 Å². The third-order valence-electron chi connectivity index (χ3n) is 6.21. The number of alkyl halides is 1. The smallest absolute Gasteiger partial charge is 0.154 e. The maximum atomic E-state index is 6.58. The van der Waals surface area contributed by atoms with E-state index in [0.29, 0.717) is 0 Å². The Morgan fingerprint density at radius 2 is 0.667 bits per heavy atom. The zero-order valence-electron chi connectivity index (χ0n) is 19.4. The number of rotatable bonds is 22. The summed E-state index contributed by atoms with van der Waals surface area (Å²) >= 11 is 6.58. The molecule has 1 nitrogen and oxygen atoms in total. The molecule has 0 amide bonds. The summed E-state index contributed by atoms with van der Waals surface area (Å²) in [5, 5.41) is 0. The van der Waals surface area contributed by atoms with Crippen molar-refractivity contribution < 1.29 is 4.48 Å². The van der Waals surface area contributed by atoms with E-state index in [2.05, 4.69) is 20.8 Å². The topological polar surface area (TPSA) is 0 Å². The summed E-state index contributed by atoms with van der Waals surface area (Å²) < 4.78 is 1.19. The monoisotopic (exact) mass is 402 g/mol. The van der Waals surface area contributed by atoms with Crippen molar-refractivity contribution in [3.8, 4) is 0 Å². The Morgan fingerprint density at radius 3 is 0.926 bits per heavy atom. The molecule has 27 heavy (non-hydrogen) atoms. The lowest BCUT2D eigenvalue weighted by Crippen LogP contribution is -2.49. The third-order valence-corrected chi connectivity index (χ3v) is 6.72. The molecule has 0 saturated heterocycles. The minimum absolute atomic E-state index is 0.832. The van der Waals surface area contributed by atoms with Crippen LogP contribution in [0.3, 0.4) is 0 Å². The van der Waals surface area contributed by atoms with Crippen molar-refractivity contribution in [1.29, 1.82) is 0 Å². The fraction of sp³-hybridized carbons (Fsp3) is 1.00. The molecule has 0 aliphatic carbocycles. The lowest BCUT2D eigenvalue weighted by atomic mass is 10.1. The highest BCUT2D eigenvalue weighted by molar-refractivity contribution is 6.16. The van der Waals surface area contributed by atoms with Gasteiger partial charge in [-0.3, -0.25) is 0 Å². The van der Waals surface area contributed by atoms with Crippen molar-refractivity contribution in [3.63, 3.8) is 0 Å². The van der Waals surface area contributed by atoms with Crippen molar-refractivity contribution in [2.24, 2.45) is 0 Å². The maximum absolute atomic E-state index is 6.58. The molecule has 0 radical (unpaired) electrons. The molecule has 0 bridgehead atoms. The van der Waals surface area contributed by atoms with Crippen molar-refractivity contribution in [2.75, 3.05) is 25.6 Å². The molecule has 164 valence electrons. The van der Waals surface area contributed by atoms with E-state index >= 15 is 0 Å². The van der Waals surface area contributed by atoms with Crippen LogP contribution in [-0.2, 0) is 0 Å². The minimum atomic E-state index is 0.832. The fourth-order valence-corrected chi connectivity index (χ4v) is 4.56. The van der Waals surface area contributed by atoms with E-state index in [1.165, 1.54) is 140 Å². The van der Waals surface area contributed by atoms with Crippen molar-refractivity contribution in [1.82, 2.24) is 0 Å². The molecular weight excluding hydrogens is 350 g/mol. The van der Waals surface area contributed by atoms with Gasteiger partial charge in [0.15, 0.2) is 6.00 Å². The third kappa shape index (κ3) is 16.9. The molecule has 0 aromatic rings. The molecule has 2 heteroatoms. The SMILES string of the molecule is CCCCCCCC[N+](CCl)(CCCCCCCC)CCCCCCCC. The van der Waals surface area contributed by atoms with Crippen LogP contribution < -0.4 is 0 Å². The Hall–Kier alpha value is 0.250. The van der Waals surface area contributed by atoms with Crippen molar-refractivity contribution in [2.45, 2.75) is 136 Å². The molecule has 0 spiro atoms. The summed E-state index contributed by atoms with van der Waals surface area (Å²) in [7, 11) is 0. The molecule has 0 fully saturated rings. The second-order valence-electron chi connectivity index (χ2n) is 8.94. The highest BCUT2D eigenvalue weighted by Crippen LogP contribution is 2.19. The van der Waals surface area contributed by atoms with Crippen molar-refractivity contribution in [3.05, 3.63) is 0 Å². The highest BCUT2D eigenvalue weighted by Gasteiger charge is 2.24. The van der Waals surface area contributed by atoms with E-state index in [4.69, 9.17) is 11.6 Å². The van der Waals surface area contributed by atoms with E-state index in [-0.39, 0.29) is 0 Å². The largest absolute Gasteiger partial charge is 0.311 e. The van der Waals surface area contributed by atoms with Gasteiger partial charge in [0.2, 0.25) is 0 Å². The molecule has 0 aliphatic heterocycles. The summed E-state index contributed by atoms with van der Waals surface area (Å²) in [5.74, 6) is 0.